The lowest BCUT2D eigenvalue weighted by molar-refractivity contribution is 0.101. The monoisotopic (exact) mass is 283 g/mol. The highest BCUT2D eigenvalue weighted by atomic mass is 19.1. The highest BCUT2D eigenvalue weighted by Gasteiger charge is 2.10. The molecule has 1 heterocycles. The number of aryl methyl sites for hydroxylation is 1. The minimum absolute atomic E-state index is 0.109. The molecule has 1 aromatic heterocycles. The first-order valence-corrected chi connectivity index (χ1v) is 6.59. The average molecular weight is 283 g/mol. The quantitative estimate of drug-likeness (QED) is 0.749. The number of fused-ring (bicyclic) bond motifs is 1. The number of nitrogens with one attached hydrogen (secondary N) is 1. The van der Waals surface area contributed by atoms with Crippen LogP contribution in [0.1, 0.15) is 10.4 Å². The molecule has 0 bridgehead atoms. The number of para-hydroxylation sites is 2. The summed E-state index contributed by atoms with van der Waals surface area (Å²) in [5, 5.41) is 3.02. The van der Waals surface area contributed by atoms with Gasteiger partial charge in [0.15, 0.2) is 5.78 Å². The number of hydrogen-bond acceptors (Lipinski definition) is 3. The summed E-state index contributed by atoms with van der Waals surface area (Å²) in [6.45, 7) is 0.114. The number of nitrogens with zero attached hydrogens (tertiary/aromatic N) is 2. The van der Waals surface area contributed by atoms with E-state index in [0.717, 1.165) is 11.0 Å². The van der Waals surface area contributed by atoms with Crippen molar-refractivity contribution in [3.05, 3.63) is 59.9 Å². The SMILES string of the molecule is Cn1c(NCC(=O)c2ccc(F)cc2)nc2ccccc21. The fourth-order valence-electron chi connectivity index (χ4n) is 2.20. The smallest absolute Gasteiger partial charge is 0.203 e. The van der Waals surface area contributed by atoms with Gasteiger partial charge in [0.1, 0.15) is 5.82 Å². The predicted octanol–water partition coefficient (Wildman–Crippen LogP) is 3.01. The van der Waals surface area contributed by atoms with E-state index in [1.54, 1.807) is 0 Å². The molecule has 0 aliphatic rings. The van der Waals surface area contributed by atoms with Crippen LogP contribution in [-0.2, 0) is 7.05 Å². The van der Waals surface area contributed by atoms with E-state index in [1.165, 1.54) is 24.3 Å². The Morgan fingerprint density at radius 2 is 1.90 bits per heavy atom. The van der Waals surface area contributed by atoms with Gasteiger partial charge in [-0.2, -0.15) is 0 Å². The zero-order valence-corrected chi connectivity index (χ0v) is 11.5. The number of carbonyl (C=O) groups is 1. The maximum atomic E-state index is 12.8. The summed E-state index contributed by atoms with van der Waals surface area (Å²) >= 11 is 0. The Balaban J connectivity index is 1.75. The molecule has 21 heavy (non-hydrogen) atoms. The standard InChI is InChI=1S/C16H14FN3O/c1-20-14-5-3-2-4-13(14)19-16(20)18-10-15(21)11-6-8-12(17)9-7-11/h2-9H,10H2,1H3,(H,18,19). The van der Waals surface area contributed by atoms with Gasteiger partial charge in [-0.1, -0.05) is 12.1 Å². The molecule has 0 saturated carbocycles. The molecule has 3 aromatic rings. The number of halogens is 1. The summed E-state index contributed by atoms with van der Waals surface area (Å²) in [6.07, 6.45) is 0. The first kappa shape index (κ1) is 13.3. The average Bonchev–Trinajstić information content (AvgIpc) is 2.82. The number of carbonyl (C=O) groups excluding carboxylic acids is 1. The van der Waals surface area contributed by atoms with Crippen molar-refractivity contribution in [3.8, 4) is 0 Å². The molecular formula is C16H14FN3O. The number of benzene rings is 2. The van der Waals surface area contributed by atoms with Crippen molar-refractivity contribution in [1.82, 2.24) is 9.55 Å². The molecule has 106 valence electrons. The summed E-state index contributed by atoms with van der Waals surface area (Å²) in [5.41, 5.74) is 2.34. The van der Waals surface area contributed by atoms with E-state index in [2.05, 4.69) is 10.3 Å². The molecule has 0 aliphatic heterocycles. The van der Waals surface area contributed by atoms with Gasteiger partial charge in [0, 0.05) is 12.6 Å². The number of Topliss-reactive ketones (excluding diaryl/α,β-unsaturated/α-hetero) is 1. The summed E-state index contributed by atoms with van der Waals surface area (Å²) in [4.78, 5) is 16.5. The van der Waals surface area contributed by atoms with Gasteiger partial charge in [-0.05, 0) is 36.4 Å². The van der Waals surface area contributed by atoms with E-state index in [-0.39, 0.29) is 18.1 Å². The van der Waals surface area contributed by atoms with Crippen molar-refractivity contribution in [2.45, 2.75) is 0 Å². The Morgan fingerprint density at radius 1 is 1.19 bits per heavy atom. The maximum absolute atomic E-state index is 12.8. The molecule has 0 unspecified atom stereocenters. The third-order valence-corrected chi connectivity index (χ3v) is 3.36. The van der Waals surface area contributed by atoms with E-state index >= 15 is 0 Å². The van der Waals surface area contributed by atoms with E-state index in [9.17, 15) is 9.18 Å². The molecule has 2 aromatic carbocycles. The Kier molecular flexibility index (Phi) is 3.39. The first-order chi connectivity index (χ1) is 10.1. The molecule has 0 radical (unpaired) electrons. The van der Waals surface area contributed by atoms with Crippen molar-refractivity contribution in [1.29, 1.82) is 0 Å². The molecular weight excluding hydrogens is 269 g/mol. The van der Waals surface area contributed by atoms with Crippen LogP contribution in [0.3, 0.4) is 0 Å². The van der Waals surface area contributed by atoms with Crippen LogP contribution in [0.2, 0.25) is 0 Å². The second-order valence-electron chi connectivity index (χ2n) is 4.77. The van der Waals surface area contributed by atoms with Crippen LogP contribution < -0.4 is 5.32 Å². The summed E-state index contributed by atoms with van der Waals surface area (Å²) < 4.78 is 14.7. The van der Waals surface area contributed by atoms with Gasteiger partial charge in [-0.25, -0.2) is 9.37 Å². The molecule has 5 heteroatoms. The Morgan fingerprint density at radius 3 is 2.62 bits per heavy atom. The number of aromatic nitrogens is 2. The van der Waals surface area contributed by atoms with Crippen LogP contribution in [0.4, 0.5) is 10.3 Å². The maximum Gasteiger partial charge on any atom is 0.203 e. The van der Waals surface area contributed by atoms with Gasteiger partial charge in [-0.15, -0.1) is 0 Å². The minimum Gasteiger partial charge on any atom is -0.348 e. The molecule has 0 atom stereocenters. The fourth-order valence-corrected chi connectivity index (χ4v) is 2.20. The van der Waals surface area contributed by atoms with Gasteiger partial charge in [0.05, 0.1) is 17.6 Å². The van der Waals surface area contributed by atoms with Crippen molar-refractivity contribution >= 4 is 22.8 Å². The van der Waals surface area contributed by atoms with Gasteiger partial charge < -0.3 is 9.88 Å². The largest absolute Gasteiger partial charge is 0.348 e. The fraction of sp³-hybridized carbons (Fsp3) is 0.125. The third kappa shape index (κ3) is 2.63. The van der Waals surface area contributed by atoms with Gasteiger partial charge in [0.2, 0.25) is 5.95 Å². The van der Waals surface area contributed by atoms with Crippen molar-refractivity contribution in [2.75, 3.05) is 11.9 Å². The number of anilines is 1. The number of hydrogen-bond donors (Lipinski definition) is 1. The number of ketones is 1. The van der Waals surface area contributed by atoms with E-state index in [1.807, 2.05) is 35.9 Å². The molecule has 4 nitrogen and oxygen atoms in total. The molecule has 1 N–H and O–H groups in total. The van der Waals surface area contributed by atoms with E-state index in [4.69, 9.17) is 0 Å². The van der Waals surface area contributed by atoms with Gasteiger partial charge in [0.25, 0.3) is 0 Å². The minimum atomic E-state index is -0.352. The van der Waals surface area contributed by atoms with E-state index in [0.29, 0.717) is 11.5 Å². The second-order valence-corrected chi connectivity index (χ2v) is 4.77. The number of imidazole rings is 1. The lowest BCUT2D eigenvalue weighted by atomic mass is 10.1. The van der Waals surface area contributed by atoms with Crippen LogP contribution in [0.15, 0.2) is 48.5 Å². The van der Waals surface area contributed by atoms with Crippen LogP contribution in [0, 0.1) is 5.82 Å². The predicted molar refractivity (Wildman–Crippen MR) is 79.9 cm³/mol. The highest BCUT2D eigenvalue weighted by molar-refractivity contribution is 5.98. The summed E-state index contributed by atoms with van der Waals surface area (Å²) in [7, 11) is 1.89. The molecule has 0 aliphatic carbocycles. The zero-order chi connectivity index (χ0) is 14.8. The number of rotatable bonds is 4. The van der Waals surface area contributed by atoms with Crippen LogP contribution in [0.5, 0.6) is 0 Å². The Hall–Kier alpha value is -2.69. The normalized spacial score (nSPS) is 10.8. The van der Waals surface area contributed by atoms with E-state index < -0.39 is 0 Å². The summed E-state index contributed by atoms with van der Waals surface area (Å²) in [5.74, 6) is 0.170. The molecule has 3 rings (SSSR count). The molecule has 0 saturated heterocycles. The van der Waals surface area contributed by atoms with Gasteiger partial charge in [-0.3, -0.25) is 4.79 Å². The lowest BCUT2D eigenvalue weighted by Gasteiger charge is -2.05. The van der Waals surface area contributed by atoms with Crippen molar-refractivity contribution in [2.24, 2.45) is 7.05 Å². The van der Waals surface area contributed by atoms with Crippen molar-refractivity contribution < 1.29 is 9.18 Å². The first-order valence-electron chi connectivity index (χ1n) is 6.59. The molecule has 0 fully saturated rings. The second kappa shape index (κ2) is 5.36. The highest BCUT2D eigenvalue weighted by Crippen LogP contribution is 2.17. The van der Waals surface area contributed by atoms with Crippen molar-refractivity contribution in [3.63, 3.8) is 0 Å². The van der Waals surface area contributed by atoms with Crippen LogP contribution in [0.25, 0.3) is 11.0 Å². The topological polar surface area (TPSA) is 46.9 Å². The zero-order valence-electron chi connectivity index (χ0n) is 11.5. The Bertz CT molecular complexity index is 793. The van der Waals surface area contributed by atoms with Crippen LogP contribution in [-0.4, -0.2) is 21.9 Å². The molecule has 0 amide bonds. The lowest BCUT2D eigenvalue weighted by Crippen LogP contribution is -2.16. The Labute approximate surface area is 121 Å². The third-order valence-electron chi connectivity index (χ3n) is 3.36. The summed E-state index contributed by atoms with van der Waals surface area (Å²) in [6, 6.07) is 13.3. The van der Waals surface area contributed by atoms with Crippen LogP contribution >= 0.6 is 0 Å². The molecule has 0 spiro atoms. The van der Waals surface area contributed by atoms with Gasteiger partial charge >= 0.3 is 0 Å².